The van der Waals surface area contributed by atoms with Gasteiger partial charge in [0.25, 0.3) is 0 Å². The lowest BCUT2D eigenvalue weighted by Crippen LogP contribution is -2.43. The Morgan fingerprint density at radius 2 is 2.10 bits per heavy atom. The minimum absolute atomic E-state index is 0.0341. The third-order valence-corrected chi connectivity index (χ3v) is 7.95. The molecule has 114 valence electrons. The molecular formula is C13H21NO5S. The Hall–Kier alpha value is -0.660. The van der Waals surface area contributed by atoms with Gasteiger partial charge in [-0.3, -0.25) is 4.79 Å². The van der Waals surface area contributed by atoms with Crippen molar-refractivity contribution in [1.82, 2.24) is 4.31 Å². The van der Waals surface area contributed by atoms with Crippen LogP contribution in [0.1, 0.15) is 32.1 Å². The fourth-order valence-electron chi connectivity index (χ4n) is 3.93. The van der Waals surface area contributed by atoms with Crippen LogP contribution in [0.5, 0.6) is 0 Å². The first-order chi connectivity index (χ1) is 9.38. The molecule has 0 aromatic rings. The molecule has 2 aliphatic carbocycles. The smallest absolute Gasteiger partial charge is 0.311 e. The number of methoxy groups -OCH3 is 1. The summed E-state index contributed by atoms with van der Waals surface area (Å²) in [7, 11) is -1.95. The number of sulfonamides is 1. The number of carbonyl (C=O) groups is 1. The van der Waals surface area contributed by atoms with Crippen LogP contribution < -0.4 is 0 Å². The molecule has 1 N–H and O–H groups in total. The summed E-state index contributed by atoms with van der Waals surface area (Å²) in [5.41, 5.74) is -0.851. The summed E-state index contributed by atoms with van der Waals surface area (Å²) in [6, 6.07) is 0. The Balaban J connectivity index is 1.86. The Bertz CT molecular complexity index is 527. The number of hydrogen-bond acceptors (Lipinski definition) is 4. The molecule has 0 radical (unpaired) electrons. The monoisotopic (exact) mass is 303 g/mol. The van der Waals surface area contributed by atoms with Gasteiger partial charge in [0.1, 0.15) is 4.75 Å². The van der Waals surface area contributed by atoms with E-state index in [0.29, 0.717) is 25.8 Å². The van der Waals surface area contributed by atoms with Crippen LogP contribution in [0.4, 0.5) is 0 Å². The van der Waals surface area contributed by atoms with E-state index in [-0.39, 0.29) is 19.1 Å². The van der Waals surface area contributed by atoms with E-state index >= 15 is 0 Å². The maximum atomic E-state index is 12.8. The van der Waals surface area contributed by atoms with Crippen molar-refractivity contribution >= 4 is 16.0 Å². The van der Waals surface area contributed by atoms with E-state index in [1.807, 2.05) is 0 Å². The first-order valence-electron chi connectivity index (χ1n) is 7.10. The average Bonchev–Trinajstić information content (AvgIpc) is 2.90. The summed E-state index contributed by atoms with van der Waals surface area (Å²) in [6.07, 6.45) is 3.52. The van der Waals surface area contributed by atoms with Crippen LogP contribution in [0.15, 0.2) is 0 Å². The summed E-state index contributed by atoms with van der Waals surface area (Å²) in [5, 5.41) is 9.53. The zero-order valence-electron chi connectivity index (χ0n) is 11.7. The topological polar surface area (TPSA) is 83.9 Å². The standard InChI is InChI=1S/C13H21NO5S/c1-19-9-12(5-6-12)20(17,18)14-7-10-3-2-4-13(10,8-14)11(15)16/h10H,2-9H2,1H3,(H,15,16)/t10-,13+/m0/s1. The second-order valence-corrected chi connectivity index (χ2v) is 8.80. The van der Waals surface area contributed by atoms with Crippen LogP contribution in [-0.4, -0.2) is 55.4 Å². The number of hydrogen-bond donors (Lipinski definition) is 1. The highest BCUT2D eigenvalue weighted by Gasteiger charge is 2.63. The molecule has 1 heterocycles. The van der Waals surface area contributed by atoms with Crippen LogP contribution in [0, 0.1) is 11.3 Å². The number of carboxylic acids is 1. The molecule has 3 aliphatic rings. The third-order valence-electron chi connectivity index (χ3n) is 5.37. The van der Waals surface area contributed by atoms with Gasteiger partial charge >= 0.3 is 5.97 Å². The highest BCUT2D eigenvalue weighted by Crippen LogP contribution is 2.53. The molecule has 2 saturated carbocycles. The van der Waals surface area contributed by atoms with Gasteiger partial charge in [0.2, 0.25) is 10.0 Å². The summed E-state index contributed by atoms with van der Waals surface area (Å²) in [4.78, 5) is 11.6. The number of carboxylic acid groups (broad SMARTS) is 1. The largest absolute Gasteiger partial charge is 0.481 e. The van der Waals surface area contributed by atoms with Crippen molar-refractivity contribution in [2.24, 2.45) is 11.3 Å². The van der Waals surface area contributed by atoms with Crippen molar-refractivity contribution in [2.45, 2.75) is 36.9 Å². The van der Waals surface area contributed by atoms with Gasteiger partial charge in [0.15, 0.2) is 0 Å². The second kappa shape index (κ2) is 4.42. The van der Waals surface area contributed by atoms with E-state index < -0.39 is 26.2 Å². The lowest BCUT2D eigenvalue weighted by Gasteiger charge is -2.26. The Morgan fingerprint density at radius 1 is 1.40 bits per heavy atom. The molecule has 7 heteroatoms. The van der Waals surface area contributed by atoms with Crippen molar-refractivity contribution in [3.63, 3.8) is 0 Å². The second-order valence-electron chi connectivity index (χ2n) is 6.46. The van der Waals surface area contributed by atoms with Gasteiger partial charge in [0.05, 0.1) is 12.0 Å². The Morgan fingerprint density at radius 3 is 2.60 bits per heavy atom. The normalized spacial score (nSPS) is 36.0. The van der Waals surface area contributed by atoms with Gasteiger partial charge in [-0.25, -0.2) is 8.42 Å². The van der Waals surface area contributed by atoms with Crippen molar-refractivity contribution in [1.29, 1.82) is 0 Å². The van der Waals surface area contributed by atoms with E-state index in [0.717, 1.165) is 12.8 Å². The van der Waals surface area contributed by atoms with Crippen LogP contribution in [0.2, 0.25) is 0 Å². The third kappa shape index (κ3) is 1.76. The van der Waals surface area contributed by atoms with Gasteiger partial charge in [-0.15, -0.1) is 0 Å². The van der Waals surface area contributed by atoms with Crippen molar-refractivity contribution < 1.29 is 23.1 Å². The zero-order valence-corrected chi connectivity index (χ0v) is 12.5. The van der Waals surface area contributed by atoms with Crippen molar-refractivity contribution in [3.05, 3.63) is 0 Å². The van der Waals surface area contributed by atoms with E-state index in [9.17, 15) is 18.3 Å². The van der Waals surface area contributed by atoms with Gasteiger partial charge in [-0.1, -0.05) is 6.42 Å². The highest BCUT2D eigenvalue weighted by atomic mass is 32.2. The molecule has 1 saturated heterocycles. The fraction of sp³-hybridized carbons (Fsp3) is 0.923. The van der Waals surface area contributed by atoms with E-state index in [2.05, 4.69) is 0 Å². The Labute approximate surface area is 119 Å². The van der Waals surface area contributed by atoms with E-state index in [4.69, 9.17) is 4.74 Å². The minimum Gasteiger partial charge on any atom is -0.481 e. The van der Waals surface area contributed by atoms with Crippen LogP contribution in [-0.2, 0) is 19.6 Å². The summed E-state index contributed by atoms with van der Waals surface area (Å²) in [6.45, 7) is 0.706. The molecule has 2 atom stereocenters. The molecule has 0 unspecified atom stereocenters. The SMILES string of the molecule is COCC1(S(=O)(=O)N2C[C@@H]3CCC[C@@]3(C(=O)O)C2)CC1. The first-order valence-corrected chi connectivity index (χ1v) is 8.54. The van der Waals surface area contributed by atoms with Crippen LogP contribution in [0.3, 0.4) is 0 Å². The molecule has 3 rings (SSSR count). The fourth-order valence-corrected chi connectivity index (χ4v) is 6.14. The number of nitrogens with zero attached hydrogens (tertiary/aromatic N) is 1. The lowest BCUT2D eigenvalue weighted by atomic mass is 9.81. The molecule has 0 spiro atoms. The van der Waals surface area contributed by atoms with E-state index in [1.54, 1.807) is 0 Å². The molecule has 3 fully saturated rings. The van der Waals surface area contributed by atoms with Gasteiger partial charge in [-0.05, 0) is 31.6 Å². The number of aliphatic carboxylic acids is 1. The molecule has 1 aliphatic heterocycles. The molecule has 6 nitrogen and oxygen atoms in total. The molecule has 0 bridgehead atoms. The predicted molar refractivity (Wildman–Crippen MR) is 71.7 cm³/mol. The number of ether oxygens (including phenoxy) is 1. The number of rotatable bonds is 5. The molecule has 20 heavy (non-hydrogen) atoms. The molecule has 0 aromatic carbocycles. The maximum Gasteiger partial charge on any atom is 0.311 e. The van der Waals surface area contributed by atoms with Crippen LogP contribution in [0.25, 0.3) is 0 Å². The van der Waals surface area contributed by atoms with Crippen LogP contribution >= 0.6 is 0 Å². The molecule has 0 amide bonds. The van der Waals surface area contributed by atoms with Gasteiger partial charge in [0, 0.05) is 20.2 Å². The van der Waals surface area contributed by atoms with E-state index in [1.165, 1.54) is 11.4 Å². The number of fused-ring (bicyclic) bond motifs is 1. The van der Waals surface area contributed by atoms with Gasteiger partial charge in [-0.2, -0.15) is 4.31 Å². The maximum absolute atomic E-state index is 12.8. The zero-order chi connectivity index (χ0) is 14.6. The quantitative estimate of drug-likeness (QED) is 0.807. The van der Waals surface area contributed by atoms with Crippen molar-refractivity contribution in [2.75, 3.05) is 26.8 Å². The lowest BCUT2D eigenvalue weighted by molar-refractivity contribution is -0.149. The first kappa shape index (κ1) is 14.3. The Kier molecular flexibility index (Phi) is 3.15. The predicted octanol–water partition coefficient (Wildman–Crippen LogP) is 0.682. The van der Waals surface area contributed by atoms with Gasteiger partial charge < -0.3 is 9.84 Å². The summed E-state index contributed by atoms with van der Waals surface area (Å²) >= 11 is 0. The minimum atomic E-state index is -3.46. The van der Waals surface area contributed by atoms with Crippen molar-refractivity contribution in [3.8, 4) is 0 Å². The summed E-state index contributed by atoms with van der Waals surface area (Å²) in [5.74, 6) is -0.873. The molecule has 0 aromatic heterocycles. The highest BCUT2D eigenvalue weighted by molar-refractivity contribution is 7.90. The molecular weight excluding hydrogens is 282 g/mol. The average molecular weight is 303 g/mol. The summed E-state index contributed by atoms with van der Waals surface area (Å²) < 4.78 is 31.2.